The van der Waals surface area contributed by atoms with Crippen LogP contribution in [-0.2, 0) is 14.9 Å². The highest BCUT2D eigenvalue weighted by atomic mass is 35.5. The van der Waals surface area contributed by atoms with Gasteiger partial charge in [-0.3, -0.25) is 4.79 Å². The first-order valence-electron chi connectivity index (χ1n) is 7.61. The molecule has 1 atom stereocenters. The van der Waals surface area contributed by atoms with Gasteiger partial charge in [0.1, 0.15) is 0 Å². The van der Waals surface area contributed by atoms with Crippen LogP contribution in [0.25, 0.3) is 0 Å². The standard InChI is InChI=1S/C17H24ClNO2/c1-12(2)13(3)19-16(20)17(8-10-21-11-9-17)14-6-4-5-7-15(14)18/h4-7,12-13H,8-11H2,1-3H3,(H,19,20)/t13-/m0/s1. The molecule has 1 N–H and O–H groups in total. The second-order valence-electron chi connectivity index (χ2n) is 6.18. The van der Waals surface area contributed by atoms with E-state index in [9.17, 15) is 4.79 Å². The minimum Gasteiger partial charge on any atom is -0.381 e. The number of hydrogen-bond donors (Lipinski definition) is 1. The summed E-state index contributed by atoms with van der Waals surface area (Å²) in [6.45, 7) is 7.44. The molecule has 0 radical (unpaired) electrons. The number of amides is 1. The van der Waals surface area contributed by atoms with Gasteiger partial charge in [-0.05, 0) is 37.3 Å². The molecule has 2 rings (SSSR count). The van der Waals surface area contributed by atoms with Crippen molar-refractivity contribution >= 4 is 17.5 Å². The van der Waals surface area contributed by atoms with Crippen LogP contribution in [0.5, 0.6) is 0 Å². The fourth-order valence-corrected chi connectivity index (χ4v) is 3.02. The summed E-state index contributed by atoms with van der Waals surface area (Å²) in [4.78, 5) is 13.0. The van der Waals surface area contributed by atoms with Gasteiger partial charge in [0.25, 0.3) is 0 Å². The van der Waals surface area contributed by atoms with Crippen molar-refractivity contribution < 1.29 is 9.53 Å². The van der Waals surface area contributed by atoms with Crippen molar-refractivity contribution in [3.63, 3.8) is 0 Å². The Balaban J connectivity index is 2.34. The van der Waals surface area contributed by atoms with Crippen molar-refractivity contribution in [1.82, 2.24) is 5.32 Å². The number of halogens is 1. The maximum absolute atomic E-state index is 13.0. The zero-order chi connectivity index (χ0) is 15.5. The average Bonchev–Trinajstić information content (AvgIpc) is 2.48. The summed E-state index contributed by atoms with van der Waals surface area (Å²) in [7, 11) is 0. The van der Waals surface area contributed by atoms with Crippen LogP contribution in [0.15, 0.2) is 24.3 Å². The molecule has 0 spiro atoms. The largest absolute Gasteiger partial charge is 0.381 e. The smallest absolute Gasteiger partial charge is 0.231 e. The van der Waals surface area contributed by atoms with E-state index in [1.807, 2.05) is 31.2 Å². The van der Waals surface area contributed by atoms with Gasteiger partial charge in [0.2, 0.25) is 5.91 Å². The van der Waals surface area contributed by atoms with Gasteiger partial charge >= 0.3 is 0 Å². The van der Waals surface area contributed by atoms with Gasteiger partial charge in [0.15, 0.2) is 0 Å². The molecule has 1 heterocycles. The number of ether oxygens (including phenoxy) is 1. The van der Waals surface area contributed by atoms with E-state index in [2.05, 4.69) is 19.2 Å². The summed E-state index contributed by atoms with van der Waals surface area (Å²) in [5.74, 6) is 0.470. The number of rotatable bonds is 4. The highest BCUT2D eigenvalue weighted by molar-refractivity contribution is 6.31. The number of carbonyl (C=O) groups excluding carboxylic acids is 1. The highest BCUT2D eigenvalue weighted by Gasteiger charge is 2.43. The Morgan fingerprint density at radius 3 is 2.43 bits per heavy atom. The zero-order valence-corrected chi connectivity index (χ0v) is 13.7. The van der Waals surface area contributed by atoms with Crippen LogP contribution in [0.3, 0.4) is 0 Å². The predicted octanol–water partition coefficient (Wildman–Crippen LogP) is 3.55. The molecule has 4 heteroatoms. The third-order valence-corrected chi connectivity index (χ3v) is 4.86. The van der Waals surface area contributed by atoms with Crippen LogP contribution < -0.4 is 5.32 Å². The SMILES string of the molecule is CC(C)[C@H](C)NC(=O)C1(c2ccccc2Cl)CCOCC1. The van der Waals surface area contributed by atoms with Crippen LogP contribution in [0, 0.1) is 5.92 Å². The Hall–Kier alpha value is -1.06. The lowest BCUT2D eigenvalue weighted by Gasteiger charge is -2.38. The van der Waals surface area contributed by atoms with Crippen LogP contribution in [-0.4, -0.2) is 25.2 Å². The molecule has 1 aromatic rings. The molecular weight excluding hydrogens is 286 g/mol. The van der Waals surface area contributed by atoms with E-state index >= 15 is 0 Å². The van der Waals surface area contributed by atoms with E-state index in [1.54, 1.807) is 0 Å². The first-order chi connectivity index (χ1) is 9.97. The fourth-order valence-electron chi connectivity index (χ4n) is 2.70. The Labute approximate surface area is 132 Å². The first kappa shape index (κ1) is 16.3. The summed E-state index contributed by atoms with van der Waals surface area (Å²) in [6, 6.07) is 7.80. The Morgan fingerprint density at radius 1 is 1.24 bits per heavy atom. The van der Waals surface area contributed by atoms with Crippen LogP contribution in [0.1, 0.15) is 39.2 Å². The Bertz CT molecular complexity index is 495. The number of nitrogens with one attached hydrogen (secondary N) is 1. The Morgan fingerprint density at radius 2 is 1.86 bits per heavy atom. The van der Waals surface area contributed by atoms with E-state index < -0.39 is 5.41 Å². The van der Waals surface area contributed by atoms with Gasteiger partial charge in [-0.1, -0.05) is 43.6 Å². The summed E-state index contributed by atoms with van der Waals surface area (Å²) < 4.78 is 5.47. The van der Waals surface area contributed by atoms with Crippen LogP contribution in [0.4, 0.5) is 0 Å². The highest BCUT2D eigenvalue weighted by Crippen LogP contribution is 2.39. The number of hydrogen-bond acceptors (Lipinski definition) is 2. The molecule has 21 heavy (non-hydrogen) atoms. The quantitative estimate of drug-likeness (QED) is 0.923. The van der Waals surface area contributed by atoms with Crippen molar-refractivity contribution in [2.75, 3.05) is 13.2 Å². The second-order valence-corrected chi connectivity index (χ2v) is 6.59. The molecule has 1 amide bonds. The normalized spacial score (nSPS) is 19.3. The van der Waals surface area contributed by atoms with Gasteiger partial charge in [0, 0.05) is 24.3 Å². The van der Waals surface area contributed by atoms with E-state index in [-0.39, 0.29) is 11.9 Å². The van der Waals surface area contributed by atoms with E-state index in [1.165, 1.54) is 0 Å². The molecule has 0 saturated carbocycles. The zero-order valence-electron chi connectivity index (χ0n) is 13.0. The molecule has 0 aliphatic carbocycles. The topological polar surface area (TPSA) is 38.3 Å². The van der Waals surface area contributed by atoms with E-state index in [0.29, 0.717) is 37.0 Å². The predicted molar refractivity (Wildman–Crippen MR) is 85.6 cm³/mol. The third kappa shape index (κ3) is 3.41. The molecule has 3 nitrogen and oxygen atoms in total. The lowest BCUT2D eigenvalue weighted by Crippen LogP contribution is -2.51. The summed E-state index contributed by atoms with van der Waals surface area (Å²) in [5, 5.41) is 3.82. The minimum absolute atomic E-state index is 0.0695. The molecule has 0 aromatic heterocycles. The number of carbonyl (C=O) groups is 1. The monoisotopic (exact) mass is 309 g/mol. The van der Waals surface area contributed by atoms with Gasteiger partial charge in [-0.15, -0.1) is 0 Å². The molecule has 1 aromatic carbocycles. The fraction of sp³-hybridized carbons (Fsp3) is 0.588. The Kier molecular flexibility index (Phi) is 5.28. The summed E-state index contributed by atoms with van der Waals surface area (Å²) >= 11 is 6.37. The maximum Gasteiger partial charge on any atom is 0.231 e. The number of benzene rings is 1. The summed E-state index contributed by atoms with van der Waals surface area (Å²) in [5.41, 5.74) is 0.350. The first-order valence-corrected chi connectivity index (χ1v) is 7.99. The minimum atomic E-state index is -0.570. The van der Waals surface area contributed by atoms with Crippen molar-refractivity contribution in [2.24, 2.45) is 5.92 Å². The van der Waals surface area contributed by atoms with Gasteiger partial charge in [-0.2, -0.15) is 0 Å². The summed E-state index contributed by atoms with van der Waals surface area (Å²) in [6.07, 6.45) is 1.35. The lowest BCUT2D eigenvalue weighted by molar-refractivity contribution is -0.131. The van der Waals surface area contributed by atoms with Crippen molar-refractivity contribution in [3.05, 3.63) is 34.9 Å². The van der Waals surface area contributed by atoms with Crippen LogP contribution >= 0.6 is 11.6 Å². The maximum atomic E-state index is 13.0. The third-order valence-electron chi connectivity index (χ3n) is 4.53. The molecule has 116 valence electrons. The molecule has 1 fully saturated rings. The average molecular weight is 310 g/mol. The second kappa shape index (κ2) is 6.80. The molecule has 0 unspecified atom stereocenters. The van der Waals surface area contributed by atoms with Gasteiger partial charge in [0.05, 0.1) is 5.41 Å². The van der Waals surface area contributed by atoms with Crippen molar-refractivity contribution in [2.45, 2.75) is 45.1 Å². The molecule has 1 saturated heterocycles. The molecular formula is C17H24ClNO2. The van der Waals surface area contributed by atoms with Crippen molar-refractivity contribution in [3.8, 4) is 0 Å². The van der Waals surface area contributed by atoms with Gasteiger partial charge < -0.3 is 10.1 Å². The van der Waals surface area contributed by atoms with Crippen molar-refractivity contribution in [1.29, 1.82) is 0 Å². The van der Waals surface area contributed by atoms with E-state index in [0.717, 1.165) is 5.56 Å². The van der Waals surface area contributed by atoms with E-state index in [4.69, 9.17) is 16.3 Å². The lowest BCUT2D eigenvalue weighted by atomic mass is 9.73. The molecule has 0 bridgehead atoms. The molecule has 1 aliphatic heterocycles. The molecule has 1 aliphatic rings. The van der Waals surface area contributed by atoms with Gasteiger partial charge in [-0.25, -0.2) is 0 Å². The van der Waals surface area contributed by atoms with Crippen LogP contribution in [0.2, 0.25) is 5.02 Å².